The second-order valence-electron chi connectivity index (χ2n) is 4.71. The van der Waals surface area contributed by atoms with E-state index in [0.29, 0.717) is 24.2 Å². The lowest BCUT2D eigenvalue weighted by atomic mass is 10.0. The van der Waals surface area contributed by atoms with Crippen LogP contribution in [-0.2, 0) is 15.9 Å². The lowest BCUT2D eigenvalue weighted by Gasteiger charge is -2.11. The molecule has 0 spiro atoms. The van der Waals surface area contributed by atoms with Crippen LogP contribution in [0.25, 0.3) is 11.0 Å². The molecule has 0 saturated carbocycles. The molecule has 0 amide bonds. The van der Waals surface area contributed by atoms with E-state index in [0.717, 1.165) is 10.9 Å². The van der Waals surface area contributed by atoms with Gasteiger partial charge in [-0.2, -0.15) is 0 Å². The molecular formula is C16H18O5. The number of rotatable bonds is 5. The van der Waals surface area contributed by atoms with Crippen molar-refractivity contribution in [2.45, 2.75) is 20.3 Å². The van der Waals surface area contributed by atoms with Crippen LogP contribution in [0, 0.1) is 6.92 Å². The first kappa shape index (κ1) is 15.3. The van der Waals surface area contributed by atoms with E-state index in [1.54, 1.807) is 20.1 Å². The van der Waals surface area contributed by atoms with Crippen molar-refractivity contribution in [2.75, 3.05) is 20.3 Å². The van der Waals surface area contributed by atoms with Crippen molar-refractivity contribution < 1.29 is 18.7 Å². The molecule has 0 aliphatic heterocycles. The van der Waals surface area contributed by atoms with Gasteiger partial charge in [0.1, 0.15) is 11.1 Å². The maximum Gasteiger partial charge on any atom is 0.351 e. The van der Waals surface area contributed by atoms with Crippen LogP contribution in [-0.4, -0.2) is 26.3 Å². The Morgan fingerprint density at radius 1 is 1.33 bits per heavy atom. The fourth-order valence-electron chi connectivity index (χ4n) is 2.25. The Morgan fingerprint density at radius 3 is 2.76 bits per heavy atom. The number of esters is 1. The molecule has 0 aliphatic carbocycles. The number of benzene rings is 1. The molecule has 2 aromatic rings. The molecule has 0 N–H and O–H groups in total. The van der Waals surface area contributed by atoms with Gasteiger partial charge >= 0.3 is 11.6 Å². The van der Waals surface area contributed by atoms with Crippen molar-refractivity contribution in [3.8, 4) is 0 Å². The summed E-state index contributed by atoms with van der Waals surface area (Å²) < 4.78 is 15.3. The highest BCUT2D eigenvalue weighted by atomic mass is 16.5. The van der Waals surface area contributed by atoms with Gasteiger partial charge < -0.3 is 13.9 Å². The molecule has 0 bridgehead atoms. The summed E-state index contributed by atoms with van der Waals surface area (Å²) in [5.41, 5.74) is 1.39. The number of hydrogen-bond donors (Lipinski definition) is 0. The summed E-state index contributed by atoms with van der Waals surface area (Å²) in [7, 11) is 1.57. The summed E-state index contributed by atoms with van der Waals surface area (Å²) in [4.78, 5) is 24.2. The number of methoxy groups -OCH3 is 1. The molecule has 0 aliphatic rings. The van der Waals surface area contributed by atoms with Crippen LogP contribution in [0.5, 0.6) is 0 Å². The zero-order valence-electron chi connectivity index (χ0n) is 12.4. The van der Waals surface area contributed by atoms with Gasteiger partial charge in [0.15, 0.2) is 0 Å². The summed E-state index contributed by atoms with van der Waals surface area (Å²) in [6.45, 7) is 4.24. The Bertz CT molecular complexity index is 714. The minimum atomic E-state index is -0.670. The summed E-state index contributed by atoms with van der Waals surface area (Å²) in [6, 6.07) is 5.48. The van der Waals surface area contributed by atoms with E-state index in [2.05, 4.69) is 0 Å². The Hall–Kier alpha value is -2.14. The van der Waals surface area contributed by atoms with Gasteiger partial charge in [-0.05, 0) is 38.0 Å². The molecule has 0 fully saturated rings. The van der Waals surface area contributed by atoms with Crippen molar-refractivity contribution in [3.63, 3.8) is 0 Å². The zero-order chi connectivity index (χ0) is 15.4. The van der Waals surface area contributed by atoms with E-state index in [1.807, 2.05) is 19.1 Å². The third-order valence-corrected chi connectivity index (χ3v) is 3.20. The van der Waals surface area contributed by atoms with E-state index < -0.39 is 11.6 Å². The Labute approximate surface area is 122 Å². The van der Waals surface area contributed by atoms with Crippen molar-refractivity contribution in [1.82, 2.24) is 0 Å². The van der Waals surface area contributed by atoms with Crippen LogP contribution >= 0.6 is 0 Å². The van der Waals surface area contributed by atoms with Gasteiger partial charge in [-0.25, -0.2) is 9.59 Å². The maximum atomic E-state index is 12.1. The standard InChI is InChI=1S/C16H18O5/c1-4-20-15(17)14-11(7-8-19-3)12-9-10(2)5-6-13(12)21-16(14)18/h5-6,9H,4,7-8H2,1-3H3. The van der Waals surface area contributed by atoms with Crippen LogP contribution in [0.15, 0.2) is 27.4 Å². The Kier molecular flexibility index (Phi) is 4.75. The monoisotopic (exact) mass is 290 g/mol. The number of ether oxygens (including phenoxy) is 2. The molecule has 1 aromatic carbocycles. The van der Waals surface area contributed by atoms with Crippen LogP contribution < -0.4 is 5.63 Å². The molecule has 1 aromatic heterocycles. The summed E-state index contributed by atoms with van der Waals surface area (Å²) >= 11 is 0. The van der Waals surface area contributed by atoms with Gasteiger partial charge in [0.2, 0.25) is 0 Å². The molecule has 21 heavy (non-hydrogen) atoms. The lowest BCUT2D eigenvalue weighted by Crippen LogP contribution is -2.21. The predicted molar refractivity (Wildman–Crippen MR) is 78.8 cm³/mol. The number of aryl methyl sites for hydroxylation is 1. The predicted octanol–water partition coefficient (Wildman–Crippen LogP) is 2.47. The van der Waals surface area contributed by atoms with E-state index in [4.69, 9.17) is 13.9 Å². The van der Waals surface area contributed by atoms with Gasteiger partial charge in [-0.1, -0.05) is 11.6 Å². The zero-order valence-corrected chi connectivity index (χ0v) is 12.4. The minimum absolute atomic E-state index is 0.0352. The topological polar surface area (TPSA) is 65.7 Å². The van der Waals surface area contributed by atoms with Gasteiger partial charge in [-0.3, -0.25) is 0 Å². The molecule has 2 rings (SSSR count). The van der Waals surface area contributed by atoms with E-state index in [-0.39, 0.29) is 12.2 Å². The van der Waals surface area contributed by atoms with Gasteiger partial charge in [0.05, 0.1) is 13.2 Å². The fraction of sp³-hybridized carbons (Fsp3) is 0.375. The van der Waals surface area contributed by atoms with Crippen molar-refractivity contribution in [3.05, 3.63) is 45.3 Å². The first-order chi connectivity index (χ1) is 10.1. The summed E-state index contributed by atoms with van der Waals surface area (Å²) in [6.07, 6.45) is 0.441. The largest absolute Gasteiger partial charge is 0.462 e. The van der Waals surface area contributed by atoms with E-state index in [9.17, 15) is 9.59 Å². The highest BCUT2D eigenvalue weighted by Crippen LogP contribution is 2.22. The maximum absolute atomic E-state index is 12.1. The molecule has 0 atom stereocenters. The molecule has 0 saturated heterocycles. The van der Waals surface area contributed by atoms with Gasteiger partial charge in [-0.15, -0.1) is 0 Å². The molecule has 0 radical (unpaired) electrons. The molecule has 1 heterocycles. The second kappa shape index (κ2) is 6.54. The summed E-state index contributed by atoms with van der Waals surface area (Å²) in [5, 5.41) is 0.745. The van der Waals surface area contributed by atoms with Crippen LogP contribution in [0.2, 0.25) is 0 Å². The van der Waals surface area contributed by atoms with Crippen LogP contribution in [0.3, 0.4) is 0 Å². The number of carbonyl (C=O) groups excluding carboxylic acids is 1. The Balaban J connectivity index is 2.72. The number of hydrogen-bond acceptors (Lipinski definition) is 5. The van der Waals surface area contributed by atoms with E-state index in [1.165, 1.54) is 0 Å². The highest BCUT2D eigenvalue weighted by molar-refractivity contribution is 5.96. The third kappa shape index (κ3) is 3.13. The van der Waals surface area contributed by atoms with Gasteiger partial charge in [0.25, 0.3) is 0 Å². The average Bonchev–Trinajstić information content (AvgIpc) is 2.45. The van der Waals surface area contributed by atoms with Crippen molar-refractivity contribution in [1.29, 1.82) is 0 Å². The smallest absolute Gasteiger partial charge is 0.351 e. The van der Waals surface area contributed by atoms with Crippen LogP contribution in [0.4, 0.5) is 0 Å². The third-order valence-electron chi connectivity index (χ3n) is 3.20. The number of fused-ring (bicyclic) bond motifs is 1. The molecule has 112 valence electrons. The average molecular weight is 290 g/mol. The molecule has 5 heteroatoms. The fourth-order valence-corrected chi connectivity index (χ4v) is 2.25. The molecular weight excluding hydrogens is 272 g/mol. The first-order valence-electron chi connectivity index (χ1n) is 6.80. The number of carbonyl (C=O) groups is 1. The van der Waals surface area contributed by atoms with Crippen LogP contribution in [0.1, 0.15) is 28.4 Å². The SMILES string of the molecule is CCOC(=O)c1c(CCOC)c2cc(C)ccc2oc1=O. The highest BCUT2D eigenvalue weighted by Gasteiger charge is 2.22. The van der Waals surface area contributed by atoms with Gasteiger partial charge in [0, 0.05) is 12.5 Å². The van der Waals surface area contributed by atoms with Crippen molar-refractivity contribution in [2.24, 2.45) is 0 Å². The second-order valence-corrected chi connectivity index (χ2v) is 4.71. The molecule has 5 nitrogen and oxygen atoms in total. The normalized spacial score (nSPS) is 10.8. The molecule has 0 unspecified atom stereocenters. The summed E-state index contributed by atoms with van der Waals surface area (Å²) in [5.74, 6) is -0.652. The van der Waals surface area contributed by atoms with E-state index >= 15 is 0 Å². The minimum Gasteiger partial charge on any atom is -0.462 e. The lowest BCUT2D eigenvalue weighted by molar-refractivity contribution is 0.0520. The van der Waals surface area contributed by atoms with Crippen molar-refractivity contribution >= 4 is 16.9 Å². The first-order valence-corrected chi connectivity index (χ1v) is 6.80. The Morgan fingerprint density at radius 2 is 2.10 bits per heavy atom. The quantitative estimate of drug-likeness (QED) is 0.625.